The zero-order valence-corrected chi connectivity index (χ0v) is 23.7. The van der Waals surface area contributed by atoms with Crippen molar-refractivity contribution in [3.63, 3.8) is 0 Å². The molecule has 2 aliphatic heterocycles. The van der Waals surface area contributed by atoms with Gasteiger partial charge in [-0.3, -0.25) is 9.59 Å². The molecule has 14 heteroatoms. The molecule has 0 unspecified atom stereocenters. The quantitative estimate of drug-likeness (QED) is 0.185. The molecule has 1 fully saturated rings. The first kappa shape index (κ1) is 29.2. The number of carboxylic acids is 1. The highest BCUT2D eigenvalue weighted by Crippen LogP contribution is 2.35. The standard InChI is InChI=1S/C28H26Cl2N6O6/c29-19-9-16-12-35(26(39)22-10-15-3-1-2-4-21(15)42-22)8-6-18(16)24(30)23(19)25(38)34-20(27(40)41)11-32-28(33-14-31)36-7-5-17(37)13-36/h1-4,9-10,17,20,37H,5-8,11-13H2,(H,32,33)(H,34,38)(H,40,41)/t17-,20-/m0/s1. The normalized spacial score (nSPS) is 17.5. The number of fused-ring (bicyclic) bond motifs is 2. The van der Waals surface area contributed by atoms with Gasteiger partial charge in [0.15, 0.2) is 5.76 Å². The van der Waals surface area contributed by atoms with Crippen LogP contribution >= 0.6 is 23.2 Å². The number of nitriles is 1. The number of carbonyl (C=O) groups excluding carboxylic acids is 2. The van der Waals surface area contributed by atoms with E-state index in [0.29, 0.717) is 42.6 Å². The van der Waals surface area contributed by atoms with Gasteiger partial charge in [0.1, 0.15) is 11.6 Å². The van der Waals surface area contributed by atoms with Crippen molar-refractivity contribution in [1.29, 1.82) is 5.26 Å². The van der Waals surface area contributed by atoms with Gasteiger partial charge in [0, 0.05) is 38.1 Å². The van der Waals surface area contributed by atoms with E-state index in [1.807, 2.05) is 18.2 Å². The predicted octanol–water partition coefficient (Wildman–Crippen LogP) is 2.61. The second-order valence-corrected chi connectivity index (χ2v) is 10.8. The highest BCUT2D eigenvalue weighted by atomic mass is 35.5. The fourth-order valence-corrected chi connectivity index (χ4v) is 5.87. The number of guanidine groups is 1. The lowest BCUT2D eigenvalue weighted by molar-refractivity contribution is -0.139. The molecular weight excluding hydrogens is 587 g/mol. The van der Waals surface area contributed by atoms with Crippen LogP contribution in [0.2, 0.25) is 10.0 Å². The van der Waals surface area contributed by atoms with Crippen molar-refractivity contribution in [3.05, 3.63) is 68.9 Å². The third-order valence-electron chi connectivity index (χ3n) is 7.24. The van der Waals surface area contributed by atoms with E-state index < -0.39 is 24.0 Å². The molecule has 4 N–H and O–H groups in total. The van der Waals surface area contributed by atoms with Crippen molar-refractivity contribution < 1.29 is 29.0 Å². The third kappa shape index (κ3) is 5.99. The van der Waals surface area contributed by atoms with Crippen LogP contribution in [0.4, 0.5) is 0 Å². The number of aliphatic imine (C=N–C) groups is 1. The SMILES string of the molecule is N#C/N=C(/NC[C@H](NC(=O)c1c(Cl)cc2c(c1Cl)CCN(C(=O)c1cc3ccccc3o1)C2)C(=O)O)N1CC[C@H](O)C1. The number of nitrogens with one attached hydrogen (secondary N) is 2. The van der Waals surface area contributed by atoms with Gasteiger partial charge in [0.05, 0.1) is 21.7 Å². The van der Waals surface area contributed by atoms with Crippen molar-refractivity contribution >= 4 is 57.9 Å². The number of nitrogens with zero attached hydrogens (tertiary/aromatic N) is 4. The van der Waals surface area contributed by atoms with Gasteiger partial charge in [0.2, 0.25) is 12.2 Å². The Morgan fingerprint density at radius 1 is 1.19 bits per heavy atom. The number of halogens is 2. The zero-order valence-electron chi connectivity index (χ0n) is 22.1. The van der Waals surface area contributed by atoms with E-state index in [1.54, 1.807) is 34.2 Å². The fraction of sp³-hybridized carbons (Fsp3) is 0.321. The maximum Gasteiger partial charge on any atom is 0.328 e. The summed E-state index contributed by atoms with van der Waals surface area (Å²) in [4.78, 5) is 45.3. The molecule has 0 radical (unpaired) electrons. The molecule has 0 spiro atoms. The molecule has 3 aromatic rings. The van der Waals surface area contributed by atoms with Gasteiger partial charge in [-0.2, -0.15) is 5.26 Å². The van der Waals surface area contributed by atoms with Crippen molar-refractivity contribution in [3.8, 4) is 6.19 Å². The Kier molecular flexibility index (Phi) is 8.54. The molecule has 2 atom stereocenters. The average Bonchev–Trinajstić information content (AvgIpc) is 3.60. The number of likely N-dealkylation sites (tertiary alicyclic amines) is 1. The lowest BCUT2D eigenvalue weighted by atomic mass is 9.96. The number of hydrogen-bond donors (Lipinski definition) is 4. The molecule has 1 saturated heterocycles. The highest BCUT2D eigenvalue weighted by molar-refractivity contribution is 6.40. The molecule has 2 amide bonds. The number of carboxylic acid groups (broad SMARTS) is 1. The number of hydrogen-bond acceptors (Lipinski definition) is 7. The van der Waals surface area contributed by atoms with E-state index >= 15 is 0 Å². The summed E-state index contributed by atoms with van der Waals surface area (Å²) in [7, 11) is 0. The second-order valence-electron chi connectivity index (χ2n) is 9.98. The minimum absolute atomic E-state index is 0.00386. The summed E-state index contributed by atoms with van der Waals surface area (Å²) in [6.45, 7) is 0.881. The number of furan rings is 1. The van der Waals surface area contributed by atoms with E-state index in [1.165, 1.54) is 0 Å². The largest absolute Gasteiger partial charge is 0.480 e. The fourth-order valence-electron chi connectivity index (χ4n) is 5.10. The number of rotatable bonds is 6. The van der Waals surface area contributed by atoms with Crippen molar-refractivity contribution in [2.45, 2.75) is 31.5 Å². The summed E-state index contributed by atoms with van der Waals surface area (Å²) >= 11 is 13.1. The summed E-state index contributed by atoms with van der Waals surface area (Å²) in [6, 6.07) is 9.15. The first-order valence-corrected chi connectivity index (χ1v) is 13.9. The Morgan fingerprint density at radius 3 is 2.67 bits per heavy atom. The first-order valence-electron chi connectivity index (χ1n) is 13.1. The summed E-state index contributed by atoms with van der Waals surface area (Å²) in [5.41, 5.74) is 1.84. The number of benzene rings is 2. The van der Waals surface area contributed by atoms with Crippen LogP contribution in [0.3, 0.4) is 0 Å². The second kappa shape index (κ2) is 12.3. The van der Waals surface area contributed by atoms with Gasteiger partial charge in [-0.1, -0.05) is 41.4 Å². The Hall–Kier alpha value is -4.31. The number of β-amino-alcohol motifs (C(OH)–C–C–N with tert-alkyl or cyclic N) is 1. The Balaban J connectivity index is 1.29. The molecule has 3 heterocycles. The summed E-state index contributed by atoms with van der Waals surface area (Å²) in [5, 5.41) is 34.6. The lowest BCUT2D eigenvalue weighted by Crippen LogP contribution is -2.51. The summed E-state index contributed by atoms with van der Waals surface area (Å²) in [6.07, 6.45) is 1.89. The van der Waals surface area contributed by atoms with Crippen LogP contribution in [0.25, 0.3) is 11.0 Å². The predicted molar refractivity (Wildman–Crippen MR) is 153 cm³/mol. The molecule has 218 valence electrons. The molecule has 0 bridgehead atoms. The Morgan fingerprint density at radius 2 is 1.98 bits per heavy atom. The molecule has 1 aromatic heterocycles. The average molecular weight is 613 g/mol. The zero-order chi connectivity index (χ0) is 30.0. The Bertz CT molecular complexity index is 1600. The smallest absolute Gasteiger partial charge is 0.328 e. The van der Waals surface area contributed by atoms with Crippen LogP contribution in [0.1, 0.15) is 38.5 Å². The number of aliphatic carboxylic acids is 1. The van der Waals surface area contributed by atoms with Crippen LogP contribution in [-0.4, -0.2) is 82.1 Å². The van der Waals surface area contributed by atoms with Crippen LogP contribution in [-0.2, 0) is 17.8 Å². The molecule has 2 aliphatic rings. The van der Waals surface area contributed by atoms with E-state index in [2.05, 4.69) is 15.6 Å². The topological polar surface area (TPSA) is 172 Å². The number of aliphatic hydroxyl groups excluding tert-OH is 1. The van der Waals surface area contributed by atoms with Gasteiger partial charge in [-0.15, -0.1) is 4.99 Å². The maximum absolute atomic E-state index is 13.2. The van der Waals surface area contributed by atoms with Gasteiger partial charge in [-0.05, 0) is 42.2 Å². The first-order chi connectivity index (χ1) is 20.2. The lowest BCUT2D eigenvalue weighted by Gasteiger charge is -2.30. The summed E-state index contributed by atoms with van der Waals surface area (Å²) < 4.78 is 5.72. The Labute approximate surface area is 250 Å². The maximum atomic E-state index is 13.2. The molecule has 5 rings (SSSR count). The monoisotopic (exact) mass is 612 g/mol. The van der Waals surface area contributed by atoms with Crippen molar-refractivity contribution in [2.75, 3.05) is 26.2 Å². The van der Waals surface area contributed by atoms with Crippen molar-refractivity contribution in [1.82, 2.24) is 20.4 Å². The molecular formula is C28H26Cl2N6O6. The van der Waals surface area contributed by atoms with E-state index in [-0.39, 0.29) is 52.9 Å². The molecule has 0 aliphatic carbocycles. The number of para-hydroxylation sites is 1. The molecule has 0 saturated carbocycles. The number of aliphatic hydroxyl groups is 1. The van der Waals surface area contributed by atoms with Gasteiger partial charge < -0.3 is 35.1 Å². The number of carbonyl (C=O) groups is 3. The van der Waals surface area contributed by atoms with E-state index in [0.717, 1.165) is 5.39 Å². The van der Waals surface area contributed by atoms with E-state index in [4.69, 9.17) is 32.9 Å². The van der Waals surface area contributed by atoms with Crippen LogP contribution in [0.15, 0.2) is 45.8 Å². The van der Waals surface area contributed by atoms with Gasteiger partial charge in [-0.25, -0.2) is 4.79 Å². The highest BCUT2D eigenvalue weighted by Gasteiger charge is 2.31. The molecule has 12 nitrogen and oxygen atoms in total. The molecule has 2 aromatic carbocycles. The van der Waals surface area contributed by atoms with Crippen LogP contribution < -0.4 is 10.6 Å². The van der Waals surface area contributed by atoms with Gasteiger partial charge in [0.25, 0.3) is 11.8 Å². The molecule has 42 heavy (non-hydrogen) atoms. The minimum atomic E-state index is -1.42. The van der Waals surface area contributed by atoms with Crippen LogP contribution in [0.5, 0.6) is 0 Å². The van der Waals surface area contributed by atoms with Crippen LogP contribution in [0, 0.1) is 11.5 Å². The third-order valence-corrected chi connectivity index (χ3v) is 7.96. The van der Waals surface area contributed by atoms with Gasteiger partial charge >= 0.3 is 5.97 Å². The number of amides is 2. The van der Waals surface area contributed by atoms with Crippen molar-refractivity contribution in [2.24, 2.45) is 4.99 Å². The summed E-state index contributed by atoms with van der Waals surface area (Å²) in [5.74, 6) is -2.10. The minimum Gasteiger partial charge on any atom is -0.480 e. The van der Waals surface area contributed by atoms with E-state index in [9.17, 15) is 24.6 Å².